The molecule has 2 fully saturated rings. The minimum absolute atomic E-state index is 0.00199. The number of hydrogen-bond acceptors (Lipinski definition) is 2. The summed E-state index contributed by atoms with van der Waals surface area (Å²) in [5.41, 5.74) is 2.87. The Kier molecular flexibility index (Phi) is 5.11. The van der Waals surface area contributed by atoms with Gasteiger partial charge in [-0.1, -0.05) is 48.9 Å². The van der Waals surface area contributed by atoms with Crippen molar-refractivity contribution in [3.05, 3.63) is 77.7 Å². The maximum absolute atomic E-state index is 12.6. The molecular weight excluding hydrogens is 394 g/mol. The summed E-state index contributed by atoms with van der Waals surface area (Å²) in [4.78, 5) is 17.3. The van der Waals surface area contributed by atoms with Crippen LogP contribution in [0.4, 0.5) is 0 Å². The summed E-state index contributed by atoms with van der Waals surface area (Å²) in [6.07, 6.45) is 7.47. The Morgan fingerprint density at radius 1 is 1.13 bits per heavy atom. The number of nitrogens with one attached hydrogen (secondary N) is 1. The van der Waals surface area contributed by atoms with Crippen molar-refractivity contribution in [3.63, 3.8) is 0 Å². The number of halogens is 1. The Labute approximate surface area is 182 Å². The van der Waals surface area contributed by atoms with Gasteiger partial charge in [0.05, 0.1) is 12.0 Å². The van der Waals surface area contributed by atoms with Crippen LogP contribution in [0.25, 0.3) is 11.3 Å². The van der Waals surface area contributed by atoms with Crippen molar-refractivity contribution in [2.24, 2.45) is 17.8 Å². The van der Waals surface area contributed by atoms with Crippen LogP contribution in [-0.4, -0.2) is 21.5 Å². The second-order valence-corrected chi connectivity index (χ2v) is 9.03. The highest BCUT2D eigenvalue weighted by molar-refractivity contribution is 6.30. The van der Waals surface area contributed by atoms with Crippen molar-refractivity contribution in [2.75, 3.05) is 0 Å². The van der Waals surface area contributed by atoms with Crippen molar-refractivity contribution >= 4 is 17.5 Å². The molecule has 1 amide bonds. The number of aromatic nitrogens is 2. The standard InChI is InChI=1S/C25H26ClN3O/c1-2-22(28-25(30)17-8-10-18(26)11-9-17)24-20-12-19(13-21(20)24)29-14-23(27-15-29)16-6-4-3-5-7-16/h3-11,14-15,19-22,24H,2,12-13H2,1H3,(H,28,30). The fourth-order valence-electron chi connectivity index (χ4n) is 5.32. The van der Waals surface area contributed by atoms with Crippen LogP contribution in [0.5, 0.6) is 0 Å². The number of hydrogen-bond donors (Lipinski definition) is 1. The first-order valence-electron chi connectivity index (χ1n) is 10.8. The van der Waals surface area contributed by atoms with Crippen molar-refractivity contribution in [1.29, 1.82) is 0 Å². The van der Waals surface area contributed by atoms with Crippen molar-refractivity contribution < 1.29 is 4.79 Å². The highest BCUT2D eigenvalue weighted by Crippen LogP contribution is 2.62. The minimum Gasteiger partial charge on any atom is -0.349 e. The molecule has 1 aromatic heterocycles. The molecule has 0 bridgehead atoms. The van der Waals surface area contributed by atoms with Gasteiger partial charge in [0.2, 0.25) is 0 Å². The summed E-state index contributed by atoms with van der Waals surface area (Å²) < 4.78 is 2.29. The van der Waals surface area contributed by atoms with Crippen LogP contribution in [0.1, 0.15) is 42.6 Å². The van der Waals surface area contributed by atoms with Gasteiger partial charge in [-0.15, -0.1) is 0 Å². The van der Waals surface area contributed by atoms with Gasteiger partial charge in [0.25, 0.3) is 5.91 Å². The number of benzene rings is 2. The molecular formula is C25H26ClN3O. The van der Waals surface area contributed by atoms with E-state index in [-0.39, 0.29) is 11.9 Å². The zero-order valence-electron chi connectivity index (χ0n) is 17.0. The number of amides is 1. The second kappa shape index (κ2) is 7.92. The molecule has 30 heavy (non-hydrogen) atoms. The third-order valence-corrected chi connectivity index (χ3v) is 7.16. The first-order chi connectivity index (χ1) is 14.6. The summed E-state index contributed by atoms with van der Waals surface area (Å²) in [5, 5.41) is 3.92. The Morgan fingerprint density at radius 3 is 2.50 bits per heavy atom. The fraction of sp³-hybridized carbons (Fsp3) is 0.360. The number of carbonyl (C=O) groups excluding carboxylic acids is 1. The van der Waals surface area contributed by atoms with Crippen LogP contribution in [-0.2, 0) is 0 Å². The molecule has 3 unspecified atom stereocenters. The number of fused-ring (bicyclic) bond motifs is 1. The third-order valence-electron chi connectivity index (χ3n) is 6.91. The van der Waals surface area contributed by atoms with E-state index in [0.29, 0.717) is 34.4 Å². The van der Waals surface area contributed by atoms with Crippen molar-refractivity contribution in [1.82, 2.24) is 14.9 Å². The number of imidazole rings is 1. The molecule has 2 aliphatic rings. The highest BCUT2D eigenvalue weighted by Gasteiger charge is 2.58. The topological polar surface area (TPSA) is 46.9 Å². The molecule has 1 heterocycles. The van der Waals surface area contributed by atoms with Gasteiger partial charge in [-0.3, -0.25) is 4.79 Å². The lowest BCUT2D eigenvalue weighted by Crippen LogP contribution is -2.37. The molecule has 154 valence electrons. The van der Waals surface area contributed by atoms with Crippen LogP contribution in [0.15, 0.2) is 67.1 Å². The normalized spacial score (nSPS) is 25.5. The van der Waals surface area contributed by atoms with Crippen molar-refractivity contribution in [3.8, 4) is 11.3 Å². The van der Waals surface area contributed by atoms with Crippen LogP contribution in [0.3, 0.4) is 0 Å². The minimum atomic E-state index is 0.00199. The smallest absolute Gasteiger partial charge is 0.251 e. The van der Waals surface area contributed by atoms with Crippen LogP contribution < -0.4 is 5.32 Å². The summed E-state index contributed by atoms with van der Waals surface area (Å²) in [6.45, 7) is 2.17. The largest absolute Gasteiger partial charge is 0.349 e. The predicted molar refractivity (Wildman–Crippen MR) is 119 cm³/mol. The van der Waals surface area contributed by atoms with Gasteiger partial charge in [0, 0.05) is 34.4 Å². The third kappa shape index (κ3) is 3.65. The molecule has 3 atom stereocenters. The number of nitrogens with zero attached hydrogens (tertiary/aromatic N) is 2. The van der Waals surface area contributed by atoms with Crippen LogP contribution >= 0.6 is 11.6 Å². The van der Waals surface area contributed by atoms with E-state index in [1.165, 1.54) is 12.8 Å². The van der Waals surface area contributed by atoms with E-state index >= 15 is 0 Å². The summed E-state index contributed by atoms with van der Waals surface area (Å²) in [7, 11) is 0. The number of carbonyl (C=O) groups is 1. The quantitative estimate of drug-likeness (QED) is 0.564. The molecule has 2 aromatic carbocycles. The average molecular weight is 420 g/mol. The van der Waals surface area contributed by atoms with Gasteiger partial charge in [0.15, 0.2) is 0 Å². The van der Waals surface area contributed by atoms with E-state index < -0.39 is 0 Å². The first-order valence-corrected chi connectivity index (χ1v) is 11.2. The van der Waals surface area contributed by atoms with E-state index in [0.717, 1.165) is 17.7 Å². The first kappa shape index (κ1) is 19.4. The van der Waals surface area contributed by atoms with Gasteiger partial charge >= 0.3 is 0 Å². The van der Waals surface area contributed by atoms with Crippen LogP contribution in [0.2, 0.25) is 5.02 Å². The Morgan fingerprint density at radius 2 is 1.83 bits per heavy atom. The van der Waals surface area contributed by atoms with Gasteiger partial charge in [-0.25, -0.2) is 4.98 Å². The van der Waals surface area contributed by atoms with Gasteiger partial charge < -0.3 is 9.88 Å². The fourth-order valence-corrected chi connectivity index (χ4v) is 5.45. The lowest BCUT2D eigenvalue weighted by molar-refractivity contribution is 0.0927. The maximum atomic E-state index is 12.6. The second-order valence-electron chi connectivity index (χ2n) is 8.60. The summed E-state index contributed by atoms with van der Waals surface area (Å²) in [5.74, 6) is 2.00. The number of rotatable bonds is 6. The molecule has 1 N–H and O–H groups in total. The molecule has 0 aliphatic heterocycles. The zero-order chi connectivity index (χ0) is 20.7. The molecule has 0 saturated heterocycles. The lowest BCUT2D eigenvalue weighted by Gasteiger charge is -2.22. The Hall–Kier alpha value is -2.59. The monoisotopic (exact) mass is 419 g/mol. The average Bonchev–Trinajstić information content (AvgIpc) is 3.15. The summed E-state index contributed by atoms with van der Waals surface area (Å²) >= 11 is 5.94. The SMILES string of the molecule is CCC(NC(=O)c1ccc(Cl)cc1)C1C2CC(n3cnc(-c4ccccc4)c3)CC21. The van der Waals surface area contributed by atoms with E-state index in [1.807, 2.05) is 24.5 Å². The summed E-state index contributed by atoms with van der Waals surface area (Å²) in [6, 6.07) is 18.2. The predicted octanol–water partition coefficient (Wildman–Crippen LogP) is 5.61. The highest BCUT2D eigenvalue weighted by atomic mass is 35.5. The Bertz CT molecular complexity index is 1020. The molecule has 0 radical (unpaired) electrons. The molecule has 3 aromatic rings. The van der Waals surface area contributed by atoms with Crippen LogP contribution in [0, 0.1) is 17.8 Å². The molecule has 2 saturated carbocycles. The molecule has 2 aliphatic carbocycles. The van der Waals surface area contributed by atoms with E-state index in [2.05, 4.69) is 40.1 Å². The molecule has 5 heteroatoms. The zero-order valence-corrected chi connectivity index (χ0v) is 17.8. The molecule has 0 spiro atoms. The molecule has 4 nitrogen and oxygen atoms in total. The lowest BCUT2D eigenvalue weighted by atomic mass is 9.99. The maximum Gasteiger partial charge on any atom is 0.251 e. The Balaban J connectivity index is 1.20. The van der Waals surface area contributed by atoms with Crippen molar-refractivity contribution in [2.45, 2.75) is 38.3 Å². The van der Waals surface area contributed by atoms with Gasteiger partial charge in [0.1, 0.15) is 0 Å². The van der Waals surface area contributed by atoms with E-state index in [1.54, 1.807) is 24.3 Å². The van der Waals surface area contributed by atoms with Gasteiger partial charge in [-0.05, 0) is 61.3 Å². The van der Waals surface area contributed by atoms with E-state index in [9.17, 15) is 4.79 Å². The molecule has 5 rings (SSSR count). The van der Waals surface area contributed by atoms with Gasteiger partial charge in [-0.2, -0.15) is 0 Å². The van der Waals surface area contributed by atoms with E-state index in [4.69, 9.17) is 11.6 Å².